The molecule has 0 fully saturated rings. The van der Waals surface area contributed by atoms with Gasteiger partial charge in [0, 0.05) is 25.7 Å². The zero-order valence-electron chi connectivity index (χ0n) is 15.3. The number of anilines is 2. The Morgan fingerprint density at radius 1 is 1.30 bits per heavy atom. The molecule has 0 spiro atoms. The van der Waals surface area contributed by atoms with Gasteiger partial charge in [-0.15, -0.1) is 0 Å². The summed E-state index contributed by atoms with van der Waals surface area (Å²) in [6, 6.07) is 11.9. The van der Waals surface area contributed by atoms with Crippen LogP contribution in [0.2, 0.25) is 0 Å². The van der Waals surface area contributed by atoms with Gasteiger partial charge in [-0.3, -0.25) is 14.9 Å². The normalized spacial score (nSPS) is 10.5. The monoisotopic (exact) mass is 371 g/mol. The van der Waals surface area contributed by atoms with Crippen molar-refractivity contribution in [3.8, 4) is 5.75 Å². The number of nitrogens with zero attached hydrogens (tertiary/aromatic N) is 3. The first kappa shape index (κ1) is 19.7. The Morgan fingerprint density at radius 2 is 2.04 bits per heavy atom. The maximum Gasteiger partial charge on any atom is 0.293 e. The minimum absolute atomic E-state index is 0.00255. The van der Waals surface area contributed by atoms with Crippen LogP contribution in [-0.2, 0) is 4.79 Å². The van der Waals surface area contributed by atoms with Crippen molar-refractivity contribution in [3.63, 3.8) is 0 Å². The molecule has 0 saturated carbocycles. The highest BCUT2D eigenvalue weighted by Crippen LogP contribution is 2.27. The molecule has 2 aromatic carbocycles. The van der Waals surface area contributed by atoms with Crippen molar-refractivity contribution in [2.24, 2.45) is 5.10 Å². The first-order valence-corrected chi connectivity index (χ1v) is 8.07. The largest absolute Gasteiger partial charge is 0.495 e. The second-order valence-electron chi connectivity index (χ2n) is 5.75. The molecule has 0 aromatic heterocycles. The van der Waals surface area contributed by atoms with Crippen LogP contribution in [0.15, 0.2) is 47.6 Å². The van der Waals surface area contributed by atoms with Gasteiger partial charge in [-0.2, -0.15) is 5.10 Å². The smallest absolute Gasteiger partial charge is 0.293 e. The summed E-state index contributed by atoms with van der Waals surface area (Å²) in [6.45, 7) is -0.00255. The summed E-state index contributed by atoms with van der Waals surface area (Å²) < 4.78 is 5.19. The fraction of sp³-hybridized carbons (Fsp3) is 0.222. The Bertz CT molecular complexity index is 851. The molecule has 0 saturated heterocycles. The fourth-order valence-electron chi connectivity index (χ4n) is 2.33. The Hall–Kier alpha value is -3.62. The molecule has 142 valence electrons. The summed E-state index contributed by atoms with van der Waals surface area (Å²) >= 11 is 0. The zero-order valence-corrected chi connectivity index (χ0v) is 15.3. The summed E-state index contributed by atoms with van der Waals surface area (Å²) in [7, 11) is 5.00. The molecule has 9 nitrogen and oxygen atoms in total. The molecule has 1 amide bonds. The van der Waals surface area contributed by atoms with E-state index in [2.05, 4.69) is 15.8 Å². The quantitative estimate of drug-likeness (QED) is 0.418. The highest BCUT2D eigenvalue weighted by molar-refractivity contribution is 5.86. The van der Waals surface area contributed by atoms with Crippen molar-refractivity contribution >= 4 is 29.2 Å². The van der Waals surface area contributed by atoms with Gasteiger partial charge in [0.2, 0.25) is 0 Å². The minimum atomic E-state index is -0.456. The van der Waals surface area contributed by atoms with Gasteiger partial charge in [-0.05, 0) is 18.2 Å². The van der Waals surface area contributed by atoms with E-state index in [4.69, 9.17) is 4.74 Å². The molecule has 2 rings (SSSR count). The summed E-state index contributed by atoms with van der Waals surface area (Å²) in [5.74, 6) is 0.263. The Kier molecular flexibility index (Phi) is 6.70. The summed E-state index contributed by atoms with van der Waals surface area (Å²) in [6.07, 6.45) is 1.35. The summed E-state index contributed by atoms with van der Waals surface area (Å²) in [5, 5.41) is 18.0. The minimum Gasteiger partial charge on any atom is -0.495 e. The molecule has 0 bridgehead atoms. The van der Waals surface area contributed by atoms with E-state index in [1.807, 2.05) is 12.1 Å². The van der Waals surface area contributed by atoms with E-state index < -0.39 is 4.92 Å². The number of para-hydroxylation sites is 2. The first-order chi connectivity index (χ1) is 12.9. The fourth-order valence-corrected chi connectivity index (χ4v) is 2.33. The van der Waals surface area contributed by atoms with E-state index in [0.29, 0.717) is 22.7 Å². The van der Waals surface area contributed by atoms with Crippen molar-refractivity contribution in [1.82, 2.24) is 5.43 Å². The SMILES string of the molecule is COc1ccccc1NCC(=O)N/N=C/c1ccc(N(C)C)c([N+](=O)[O-])c1. The third kappa shape index (κ3) is 5.43. The number of amides is 1. The molecule has 0 heterocycles. The number of ether oxygens (including phenoxy) is 1. The van der Waals surface area contributed by atoms with E-state index in [0.717, 1.165) is 0 Å². The number of hydrogen-bond donors (Lipinski definition) is 2. The number of nitro benzene ring substituents is 1. The lowest BCUT2D eigenvalue weighted by molar-refractivity contribution is -0.384. The van der Waals surface area contributed by atoms with E-state index in [1.54, 1.807) is 50.4 Å². The topological polar surface area (TPSA) is 109 Å². The van der Waals surface area contributed by atoms with Gasteiger partial charge in [0.25, 0.3) is 11.6 Å². The van der Waals surface area contributed by atoms with Gasteiger partial charge < -0.3 is 15.0 Å². The number of methoxy groups -OCH3 is 1. The van der Waals surface area contributed by atoms with Gasteiger partial charge in [-0.1, -0.05) is 18.2 Å². The molecule has 0 aliphatic rings. The van der Waals surface area contributed by atoms with E-state index in [1.165, 1.54) is 12.3 Å². The lowest BCUT2D eigenvalue weighted by atomic mass is 10.2. The van der Waals surface area contributed by atoms with Crippen LogP contribution in [0.25, 0.3) is 0 Å². The molecular formula is C18H21N5O4. The van der Waals surface area contributed by atoms with Gasteiger partial charge in [0.15, 0.2) is 0 Å². The lowest BCUT2D eigenvalue weighted by Crippen LogP contribution is -2.26. The average molecular weight is 371 g/mol. The van der Waals surface area contributed by atoms with Crippen LogP contribution in [0.1, 0.15) is 5.56 Å². The van der Waals surface area contributed by atoms with Crippen molar-refractivity contribution in [2.45, 2.75) is 0 Å². The number of carbonyl (C=O) groups is 1. The van der Waals surface area contributed by atoms with Gasteiger partial charge >= 0.3 is 0 Å². The molecule has 0 aliphatic carbocycles. The molecule has 0 radical (unpaired) electrons. The Morgan fingerprint density at radius 3 is 2.70 bits per heavy atom. The number of benzene rings is 2. The molecule has 27 heavy (non-hydrogen) atoms. The number of hydrazone groups is 1. The van der Waals surface area contributed by atoms with E-state index in [9.17, 15) is 14.9 Å². The molecule has 0 unspecified atom stereocenters. The van der Waals surface area contributed by atoms with Crippen LogP contribution in [0.3, 0.4) is 0 Å². The molecule has 2 aromatic rings. The van der Waals surface area contributed by atoms with Gasteiger partial charge in [0.05, 0.1) is 30.5 Å². The predicted octanol–water partition coefficient (Wildman–Crippen LogP) is 2.23. The number of rotatable bonds is 8. The maximum absolute atomic E-state index is 11.9. The third-order valence-corrected chi connectivity index (χ3v) is 3.63. The molecule has 9 heteroatoms. The van der Waals surface area contributed by atoms with Crippen molar-refractivity contribution in [3.05, 3.63) is 58.1 Å². The molecular weight excluding hydrogens is 350 g/mol. The van der Waals surface area contributed by atoms with Crippen LogP contribution in [-0.4, -0.2) is 44.8 Å². The second kappa shape index (κ2) is 9.18. The van der Waals surface area contributed by atoms with Crippen molar-refractivity contribution < 1.29 is 14.5 Å². The Balaban J connectivity index is 1.95. The number of hydrogen-bond acceptors (Lipinski definition) is 7. The highest BCUT2D eigenvalue weighted by atomic mass is 16.6. The van der Waals surface area contributed by atoms with Gasteiger partial charge in [0.1, 0.15) is 11.4 Å². The average Bonchev–Trinajstić information content (AvgIpc) is 2.66. The second-order valence-corrected chi connectivity index (χ2v) is 5.75. The van der Waals surface area contributed by atoms with Crippen LogP contribution < -0.4 is 20.4 Å². The first-order valence-electron chi connectivity index (χ1n) is 8.07. The maximum atomic E-state index is 11.9. The van der Waals surface area contributed by atoms with Crippen LogP contribution in [0, 0.1) is 10.1 Å². The van der Waals surface area contributed by atoms with Crippen molar-refractivity contribution in [2.75, 3.05) is 38.0 Å². The number of nitro groups is 1. The number of nitrogens with one attached hydrogen (secondary N) is 2. The highest BCUT2D eigenvalue weighted by Gasteiger charge is 2.15. The van der Waals surface area contributed by atoms with Crippen LogP contribution in [0.4, 0.5) is 17.1 Å². The number of carbonyl (C=O) groups excluding carboxylic acids is 1. The van der Waals surface area contributed by atoms with Gasteiger partial charge in [-0.25, -0.2) is 5.43 Å². The van der Waals surface area contributed by atoms with Crippen LogP contribution >= 0.6 is 0 Å². The molecule has 0 atom stereocenters. The van der Waals surface area contributed by atoms with Crippen molar-refractivity contribution in [1.29, 1.82) is 0 Å². The molecule has 0 aliphatic heterocycles. The summed E-state index contributed by atoms with van der Waals surface area (Å²) in [5.41, 5.74) is 4.02. The predicted molar refractivity (Wildman–Crippen MR) is 105 cm³/mol. The Labute approximate surface area is 156 Å². The van der Waals surface area contributed by atoms with E-state index >= 15 is 0 Å². The molecule has 2 N–H and O–H groups in total. The van der Waals surface area contributed by atoms with Crippen LogP contribution in [0.5, 0.6) is 5.75 Å². The lowest BCUT2D eigenvalue weighted by Gasteiger charge is -2.12. The zero-order chi connectivity index (χ0) is 19.8. The van der Waals surface area contributed by atoms with E-state index in [-0.39, 0.29) is 18.1 Å². The summed E-state index contributed by atoms with van der Waals surface area (Å²) in [4.78, 5) is 24.3. The third-order valence-electron chi connectivity index (χ3n) is 3.63. The standard InChI is InChI=1S/C18H21N5O4/c1-22(2)15-9-8-13(10-16(15)23(25)26)11-20-21-18(24)12-19-14-6-4-5-7-17(14)27-3/h4-11,19H,12H2,1-3H3,(H,21,24)/b20-11+.